The minimum Gasteiger partial charge on any atom is -0.294 e. The van der Waals surface area contributed by atoms with Crippen molar-refractivity contribution in [1.82, 2.24) is 0 Å². The molecule has 0 N–H and O–H groups in total. The van der Waals surface area contributed by atoms with Crippen molar-refractivity contribution in [2.75, 3.05) is 0 Å². The Morgan fingerprint density at radius 3 is 2.44 bits per heavy atom. The van der Waals surface area contributed by atoms with E-state index in [9.17, 15) is 4.79 Å². The largest absolute Gasteiger partial charge is 0.294 e. The Hall–Kier alpha value is -1.02. The molecule has 0 bridgehead atoms. The van der Waals surface area contributed by atoms with E-state index in [0.29, 0.717) is 26.2 Å². The van der Waals surface area contributed by atoms with Gasteiger partial charge in [0.2, 0.25) is 0 Å². The second-order valence-electron chi connectivity index (χ2n) is 3.82. The molecule has 2 rings (SSSR count). The second kappa shape index (κ2) is 5.75. The second-order valence-corrected chi connectivity index (χ2v) is 5.04. The number of ketones is 1. The summed E-state index contributed by atoms with van der Waals surface area (Å²) >= 11 is 17.8. The lowest BCUT2D eigenvalue weighted by Crippen LogP contribution is -2.04. The number of Topliss-reactive ketones (excluding diaryl/α,β-unsaturated/α-hetero) is 1. The highest BCUT2D eigenvalue weighted by molar-refractivity contribution is 6.42. The van der Waals surface area contributed by atoms with E-state index in [-0.39, 0.29) is 12.2 Å². The average Bonchev–Trinajstić information content (AvgIpc) is 2.35. The summed E-state index contributed by atoms with van der Waals surface area (Å²) < 4.78 is 0. The van der Waals surface area contributed by atoms with Gasteiger partial charge in [-0.3, -0.25) is 4.79 Å². The van der Waals surface area contributed by atoms with Gasteiger partial charge in [-0.25, -0.2) is 0 Å². The highest BCUT2D eigenvalue weighted by Gasteiger charge is 2.11. The van der Waals surface area contributed by atoms with Crippen LogP contribution in [0.5, 0.6) is 0 Å². The van der Waals surface area contributed by atoms with Crippen LogP contribution in [-0.4, -0.2) is 5.78 Å². The van der Waals surface area contributed by atoms with E-state index in [0.717, 1.165) is 0 Å². The van der Waals surface area contributed by atoms with Gasteiger partial charge in [0.1, 0.15) is 0 Å². The predicted molar refractivity (Wildman–Crippen MR) is 75.9 cm³/mol. The third-order valence-electron chi connectivity index (χ3n) is 2.53. The van der Waals surface area contributed by atoms with E-state index in [4.69, 9.17) is 34.8 Å². The van der Waals surface area contributed by atoms with Crippen molar-refractivity contribution in [3.8, 4) is 0 Å². The van der Waals surface area contributed by atoms with Gasteiger partial charge >= 0.3 is 0 Å². The first kappa shape index (κ1) is 13.4. The fraction of sp³-hybridized carbons (Fsp3) is 0.0714. The molecule has 0 saturated carbocycles. The third kappa shape index (κ3) is 3.05. The molecule has 1 nitrogen and oxygen atoms in total. The van der Waals surface area contributed by atoms with E-state index in [1.807, 2.05) is 0 Å². The summed E-state index contributed by atoms with van der Waals surface area (Å²) in [7, 11) is 0. The molecule has 0 heterocycles. The summed E-state index contributed by atoms with van der Waals surface area (Å²) in [4.78, 5) is 12.1. The molecule has 0 aliphatic heterocycles. The van der Waals surface area contributed by atoms with Crippen LogP contribution in [0, 0.1) is 0 Å². The van der Waals surface area contributed by atoms with Gasteiger partial charge in [0, 0.05) is 17.0 Å². The number of carbonyl (C=O) groups excluding carboxylic acids is 1. The van der Waals surface area contributed by atoms with Crippen LogP contribution in [0.1, 0.15) is 15.9 Å². The molecule has 92 valence electrons. The summed E-state index contributed by atoms with van der Waals surface area (Å²) in [6, 6.07) is 12.1. The zero-order valence-electron chi connectivity index (χ0n) is 9.29. The van der Waals surface area contributed by atoms with Gasteiger partial charge in [-0.15, -0.1) is 0 Å². The van der Waals surface area contributed by atoms with Crippen LogP contribution >= 0.6 is 34.8 Å². The lowest BCUT2D eigenvalue weighted by molar-refractivity contribution is 0.0993. The maximum atomic E-state index is 12.1. The molecule has 2 aromatic carbocycles. The van der Waals surface area contributed by atoms with Gasteiger partial charge in [-0.2, -0.15) is 0 Å². The Kier molecular flexibility index (Phi) is 4.28. The van der Waals surface area contributed by atoms with Gasteiger partial charge in [0.05, 0.1) is 10.0 Å². The minimum absolute atomic E-state index is 0.0401. The first-order chi connectivity index (χ1) is 8.58. The van der Waals surface area contributed by atoms with Crippen LogP contribution in [0.2, 0.25) is 15.1 Å². The fourth-order valence-electron chi connectivity index (χ4n) is 1.62. The molecule has 0 atom stereocenters. The van der Waals surface area contributed by atoms with Crippen molar-refractivity contribution < 1.29 is 4.79 Å². The molecular weight excluding hydrogens is 291 g/mol. The summed E-state index contributed by atoms with van der Waals surface area (Å²) in [5, 5.41) is 1.42. The molecule has 0 aromatic heterocycles. The first-order valence-corrected chi connectivity index (χ1v) is 6.43. The SMILES string of the molecule is O=C(Cc1cccc(Cl)c1Cl)c1cccc(Cl)c1. The van der Waals surface area contributed by atoms with Crippen LogP contribution in [0.15, 0.2) is 42.5 Å². The summed E-state index contributed by atoms with van der Waals surface area (Å²) in [6.45, 7) is 0. The van der Waals surface area contributed by atoms with Crippen LogP contribution in [-0.2, 0) is 6.42 Å². The first-order valence-electron chi connectivity index (χ1n) is 5.29. The van der Waals surface area contributed by atoms with Crippen LogP contribution in [0.4, 0.5) is 0 Å². The molecule has 0 amide bonds. The number of rotatable bonds is 3. The maximum Gasteiger partial charge on any atom is 0.167 e. The lowest BCUT2D eigenvalue weighted by Gasteiger charge is -2.05. The van der Waals surface area contributed by atoms with E-state index in [1.54, 1.807) is 42.5 Å². The smallest absolute Gasteiger partial charge is 0.167 e. The summed E-state index contributed by atoms with van der Waals surface area (Å²) in [5.41, 5.74) is 1.28. The Balaban J connectivity index is 2.24. The number of halogens is 3. The molecular formula is C14H9Cl3O. The molecule has 18 heavy (non-hydrogen) atoms. The minimum atomic E-state index is -0.0401. The number of benzene rings is 2. The van der Waals surface area contributed by atoms with Gasteiger partial charge in [-0.05, 0) is 23.8 Å². The van der Waals surface area contributed by atoms with E-state index >= 15 is 0 Å². The fourth-order valence-corrected chi connectivity index (χ4v) is 2.20. The van der Waals surface area contributed by atoms with Crippen molar-refractivity contribution in [3.63, 3.8) is 0 Å². The van der Waals surface area contributed by atoms with Crippen LogP contribution < -0.4 is 0 Å². The molecule has 0 fully saturated rings. The molecule has 2 aromatic rings. The number of carbonyl (C=O) groups is 1. The van der Waals surface area contributed by atoms with Gasteiger partial charge < -0.3 is 0 Å². The molecule has 0 aliphatic carbocycles. The summed E-state index contributed by atoms with van der Waals surface area (Å²) in [6.07, 6.45) is 0.208. The van der Waals surface area contributed by atoms with Crippen molar-refractivity contribution in [3.05, 3.63) is 68.7 Å². The Morgan fingerprint density at radius 2 is 1.72 bits per heavy atom. The monoisotopic (exact) mass is 298 g/mol. The average molecular weight is 300 g/mol. The molecule has 0 saturated heterocycles. The van der Waals surface area contributed by atoms with Gasteiger partial charge in [-0.1, -0.05) is 59.1 Å². The molecule has 0 unspecified atom stereocenters. The number of hydrogen-bond acceptors (Lipinski definition) is 1. The van der Waals surface area contributed by atoms with E-state index < -0.39 is 0 Å². The Labute approximate surface area is 120 Å². The van der Waals surface area contributed by atoms with Crippen molar-refractivity contribution in [2.24, 2.45) is 0 Å². The standard InChI is InChI=1S/C14H9Cl3O/c15-11-5-1-3-9(7-11)13(18)8-10-4-2-6-12(16)14(10)17/h1-7H,8H2. The maximum absolute atomic E-state index is 12.1. The zero-order valence-corrected chi connectivity index (χ0v) is 11.6. The van der Waals surface area contributed by atoms with Crippen molar-refractivity contribution >= 4 is 40.6 Å². The van der Waals surface area contributed by atoms with Gasteiger partial charge in [0.25, 0.3) is 0 Å². The summed E-state index contributed by atoms with van der Waals surface area (Å²) in [5.74, 6) is -0.0401. The van der Waals surface area contributed by atoms with Crippen LogP contribution in [0.25, 0.3) is 0 Å². The van der Waals surface area contributed by atoms with Crippen molar-refractivity contribution in [2.45, 2.75) is 6.42 Å². The Morgan fingerprint density at radius 1 is 1.00 bits per heavy atom. The van der Waals surface area contributed by atoms with E-state index in [1.165, 1.54) is 0 Å². The molecule has 0 spiro atoms. The molecule has 0 radical (unpaired) electrons. The number of hydrogen-bond donors (Lipinski definition) is 0. The highest BCUT2D eigenvalue weighted by atomic mass is 35.5. The zero-order chi connectivity index (χ0) is 13.1. The van der Waals surface area contributed by atoms with Crippen LogP contribution in [0.3, 0.4) is 0 Å². The molecule has 0 aliphatic rings. The van der Waals surface area contributed by atoms with Crippen molar-refractivity contribution in [1.29, 1.82) is 0 Å². The third-order valence-corrected chi connectivity index (χ3v) is 3.62. The normalized spacial score (nSPS) is 10.4. The van der Waals surface area contributed by atoms with Gasteiger partial charge in [0.15, 0.2) is 5.78 Å². The highest BCUT2D eigenvalue weighted by Crippen LogP contribution is 2.26. The van der Waals surface area contributed by atoms with E-state index in [2.05, 4.69) is 0 Å². The predicted octanol–water partition coefficient (Wildman–Crippen LogP) is 5.07. The quantitative estimate of drug-likeness (QED) is 0.723. The molecule has 4 heteroatoms. The lowest BCUT2D eigenvalue weighted by atomic mass is 10.0. The Bertz CT molecular complexity index is 593. The topological polar surface area (TPSA) is 17.1 Å².